The predicted molar refractivity (Wildman–Crippen MR) is 62.1 cm³/mol. The molecule has 0 aromatic heterocycles. The summed E-state index contributed by atoms with van der Waals surface area (Å²) in [5.74, 6) is -2.09. The molecule has 3 aliphatic rings. The van der Waals surface area contributed by atoms with Crippen molar-refractivity contribution in [2.45, 2.75) is 36.7 Å². The molecule has 3 fully saturated rings. The fourth-order valence-electron chi connectivity index (χ4n) is 3.05. The molecule has 20 heavy (non-hydrogen) atoms. The van der Waals surface area contributed by atoms with Crippen LogP contribution < -0.4 is 5.32 Å². The first-order valence-electron chi connectivity index (χ1n) is 6.75. The second-order valence-electron chi connectivity index (χ2n) is 5.68. The molecular weight excluding hydrogens is 277 g/mol. The van der Waals surface area contributed by atoms with Crippen molar-refractivity contribution in [1.82, 2.24) is 10.2 Å². The topological polar surface area (TPSA) is 50.8 Å². The molecule has 3 rings (SSSR count). The van der Waals surface area contributed by atoms with Gasteiger partial charge in [0, 0.05) is 19.6 Å². The van der Waals surface area contributed by atoms with Crippen LogP contribution in [0.3, 0.4) is 0 Å². The molecule has 2 aliphatic heterocycles. The highest BCUT2D eigenvalue weighted by Crippen LogP contribution is 2.39. The lowest BCUT2D eigenvalue weighted by Gasteiger charge is -2.56. The van der Waals surface area contributed by atoms with Crippen LogP contribution in [0.2, 0.25) is 0 Å². The van der Waals surface area contributed by atoms with E-state index in [1.165, 1.54) is 0 Å². The Labute approximate surface area is 114 Å². The fraction of sp³-hybridized carbons (Fsp3) is 0.917. The lowest BCUT2D eigenvalue weighted by molar-refractivity contribution is -0.217. The van der Waals surface area contributed by atoms with Gasteiger partial charge in [-0.3, -0.25) is 4.90 Å². The van der Waals surface area contributed by atoms with Crippen molar-refractivity contribution >= 4 is 5.97 Å². The average Bonchev–Trinajstić information content (AvgIpc) is 2.31. The molecular formula is C12H17F3N2O3. The highest BCUT2D eigenvalue weighted by molar-refractivity contribution is 5.76. The number of nitrogens with one attached hydrogen (secondary N) is 1. The van der Waals surface area contributed by atoms with E-state index in [9.17, 15) is 18.0 Å². The van der Waals surface area contributed by atoms with Crippen molar-refractivity contribution in [3.05, 3.63) is 0 Å². The van der Waals surface area contributed by atoms with Gasteiger partial charge in [-0.05, 0) is 12.8 Å². The number of nitrogens with zero attached hydrogens (tertiary/aromatic N) is 1. The van der Waals surface area contributed by atoms with Gasteiger partial charge >= 0.3 is 12.1 Å². The van der Waals surface area contributed by atoms with Crippen molar-refractivity contribution in [2.24, 2.45) is 0 Å². The molecule has 2 unspecified atom stereocenters. The van der Waals surface area contributed by atoms with E-state index in [1.807, 2.05) is 0 Å². The fourth-order valence-corrected chi connectivity index (χ4v) is 3.05. The molecule has 0 radical (unpaired) electrons. The summed E-state index contributed by atoms with van der Waals surface area (Å²) in [4.78, 5) is 13.2. The van der Waals surface area contributed by atoms with Crippen LogP contribution >= 0.6 is 0 Å². The zero-order chi connectivity index (χ0) is 14.4. The van der Waals surface area contributed by atoms with Gasteiger partial charge in [-0.25, -0.2) is 4.79 Å². The van der Waals surface area contributed by atoms with Crippen molar-refractivity contribution in [3.63, 3.8) is 0 Å². The Kier molecular flexibility index (Phi) is 3.42. The summed E-state index contributed by atoms with van der Waals surface area (Å²) in [6.07, 6.45) is -4.41. The number of rotatable bonds is 2. The molecule has 114 valence electrons. The highest BCUT2D eigenvalue weighted by Gasteiger charge is 2.55. The smallest absolute Gasteiger partial charge is 0.454 e. The molecule has 0 amide bonds. The Balaban J connectivity index is 1.61. The van der Waals surface area contributed by atoms with Gasteiger partial charge in [-0.1, -0.05) is 0 Å². The first kappa shape index (κ1) is 14.1. The summed E-state index contributed by atoms with van der Waals surface area (Å²) < 4.78 is 46.6. The summed E-state index contributed by atoms with van der Waals surface area (Å²) in [7, 11) is 0. The van der Waals surface area contributed by atoms with Crippen LogP contribution in [0.5, 0.6) is 0 Å². The molecule has 2 heterocycles. The lowest BCUT2D eigenvalue weighted by atomic mass is 9.72. The summed E-state index contributed by atoms with van der Waals surface area (Å²) >= 11 is 0. The molecule has 1 aliphatic carbocycles. The monoisotopic (exact) mass is 294 g/mol. The summed E-state index contributed by atoms with van der Waals surface area (Å²) in [6.45, 7) is 3.48. The summed E-state index contributed by atoms with van der Waals surface area (Å²) in [5, 5.41) is 3.24. The van der Waals surface area contributed by atoms with Gasteiger partial charge < -0.3 is 14.8 Å². The van der Waals surface area contributed by atoms with E-state index >= 15 is 0 Å². The zero-order valence-corrected chi connectivity index (χ0v) is 10.9. The standard InChI is InChI=1S/C12H17F3N2O3/c13-12(14,15)10(18)20-9-1-2-11(9)7-17(4-3-16-11)8-5-19-6-8/h8-9,16H,1-7H2. The van der Waals surface area contributed by atoms with E-state index in [4.69, 9.17) is 4.74 Å². The zero-order valence-electron chi connectivity index (χ0n) is 10.9. The Hall–Kier alpha value is -0.860. The molecule has 1 N–H and O–H groups in total. The van der Waals surface area contributed by atoms with Gasteiger partial charge in [-0.15, -0.1) is 0 Å². The SMILES string of the molecule is O=C(OC1CCC12CN(C1COC1)CCN2)C(F)(F)F. The van der Waals surface area contributed by atoms with Crippen molar-refractivity contribution in [3.8, 4) is 0 Å². The molecule has 5 nitrogen and oxygen atoms in total. The first-order valence-corrected chi connectivity index (χ1v) is 6.75. The molecule has 1 saturated carbocycles. The number of ether oxygens (including phenoxy) is 2. The minimum atomic E-state index is -4.92. The van der Waals surface area contributed by atoms with E-state index in [1.54, 1.807) is 0 Å². The number of hydrogen-bond donors (Lipinski definition) is 1. The second kappa shape index (κ2) is 4.85. The van der Waals surface area contributed by atoms with E-state index in [2.05, 4.69) is 15.0 Å². The molecule has 2 saturated heterocycles. The van der Waals surface area contributed by atoms with Crippen LogP contribution in [0.15, 0.2) is 0 Å². The Morgan fingerprint density at radius 1 is 1.40 bits per heavy atom. The van der Waals surface area contributed by atoms with Crippen LogP contribution in [0.1, 0.15) is 12.8 Å². The van der Waals surface area contributed by atoms with Crippen LogP contribution in [-0.2, 0) is 14.3 Å². The normalized spacial score (nSPS) is 35.5. The average molecular weight is 294 g/mol. The Morgan fingerprint density at radius 3 is 2.65 bits per heavy atom. The predicted octanol–water partition coefficient (Wildman–Crippen LogP) is 0.297. The summed E-state index contributed by atoms with van der Waals surface area (Å²) in [5.41, 5.74) is -0.519. The van der Waals surface area contributed by atoms with Crippen LogP contribution in [0, 0.1) is 0 Å². The van der Waals surface area contributed by atoms with Gasteiger partial charge in [0.15, 0.2) is 0 Å². The van der Waals surface area contributed by atoms with Gasteiger partial charge in [0.2, 0.25) is 0 Å². The number of carbonyl (C=O) groups excluding carboxylic acids is 1. The first-order chi connectivity index (χ1) is 9.41. The van der Waals surface area contributed by atoms with E-state index in [0.717, 1.165) is 13.0 Å². The minimum absolute atomic E-state index is 0.341. The maximum atomic E-state index is 12.3. The maximum Gasteiger partial charge on any atom is 0.490 e. The van der Waals surface area contributed by atoms with Crippen molar-refractivity contribution in [1.29, 1.82) is 0 Å². The number of carbonyl (C=O) groups is 1. The number of piperazine rings is 1. The maximum absolute atomic E-state index is 12.3. The van der Waals surface area contributed by atoms with Gasteiger partial charge in [0.05, 0.1) is 24.8 Å². The number of halogens is 3. The third kappa shape index (κ3) is 2.40. The number of alkyl halides is 3. The molecule has 8 heteroatoms. The number of esters is 1. The van der Waals surface area contributed by atoms with Crippen molar-refractivity contribution in [2.75, 3.05) is 32.8 Å². The Bertz CT molecular complexity index is 400. The van der Waals surface area contributed by atoms with Crippen LogP contribution in [-0.4, -0.2) is 67.6 Å². The third-order valence-corrected chi connectivity index (χ3v) is 4.45. The Morgan fingerprint density at radius 2 is 2.15 bits per heavy atom. The van der Waals surface area contributed by atoms with Crippen LogP contribution in [0.25, 0.3) is 0 Å². The van der Waals surface area contributed by atoms with E-state index in [-0.39, 0.29) is 0 Å². The molecule has 2 atom stereocenters. The molecule has 1 spiro atoms. The molecule has 0 aromatic rings. The van der Waals surface area contributed by atoms with Gasteiger partial charge in [-0.2, -0.15) is 13.2 Å². The largest absolute Gasteiger partial charge is 0.490 e. The molecule has 0 aromatic carbocycles. The highest BCUT2D eigenvalue weighted by atomic mass is 19.4. The minimum Gasteiger partial charge on any atom is -0.454 e. The van der Waals surface area contributed by atoms with Gasteiger partial charge in [0.1, 0.15) is 6.10 Å². The summed E-state index contributed by atoms with van der Waals surface area (Å²) in [6, 6.07) is 0.341. The van der Waals surface area contributed by atoms with Gasteiger partial charge in [0.25, 0.3) is 0 Å². The van der Waals surface area contributed by atoms with Crippen molar-refractivity contribution < 1.29 is 27.4 Å². The number of hydrogen-bond acceptors (Lipinski definition) is 5. The van der Waals surface area contributed by atoms with E-state index in [0.29, 0.717) is 38.8 Å². The molecule has 0 bridgehead atoms. The van der Waals surface area contributed by atoms with E-state index < -0.39 is 23.8 Å². The van der Waals surface area contributed by atoms with Crippen LogP contribution in [0.4, 0.5) is 13.2 Å². The third-order valence-electron chi connectivity index (χ3n) is 4.45. The quantitative estimate of drug-likeness (QED) is 0.742. The lowest BCUT2D eigenvalue weighted by Crippen LogP contribution is -2.74. The second-order valence-corrected chi connectivity index (χ2v) is 5.68.